The summed E-state index contributed by atoms with van der Waals surface area (Å²) in [5, 5.41) is 16.4. The number of carbonyl (C=O) groups is 1. The molecule has 10 nitrogen and oxygen atoms in total. The van der Waals surface area contributed by atoms with E-state index in [1.807, 2.05) is 18.7 Å². The van der Waals surface area contributed by atoms with Crippen LogP contribution in [0.15, 0.2) is 29.4 Å². The molecule has 3 aromatic rings. The van der Waals surface area contributed by atoms with Crippen molar-refractivity contribution >= 4 is 34.8 Å². The first-order chi connectivity index (χ1) is 16.4. The number of aryl methyl sites for hydroxylation is 2. The molecule has 0 spiro atoms. The number of nitro benzene ring substituents is 1. The van der Waals surface area contributed by atoms with E-state index in [0.29, 0.717) is 42.8 Å². The average Bonchev–Trinajstić information content (AvgIpc) is 3.25. The monoisotopic (exact) mass is 483 g/mol. The highest BCUT2D eigenvalue weighted by atomic mass is 32.2. The zero-order chi connectivity index (χ0) is 24.2. The topological polar surface area (TPSA) is 110 Å². The van der Waals surface area contributed by atoms with Crippen molar-refractivity contribution in [3.63, 3.8) is 0 Å². The normalized spacial score (nSPS) is 14.1. The largest absolute Gasteiger partial charge is 0.362 e. The van der Waals surface area contributed by atoms with Crippen molar-refractivity contribution < 1.29 is 9.72 Å². The predicted octanol–water partition coefficient (Wildman–Crippen LogP) is 3.43. The molecule has 34 heavy (non-hydrogen) atoms. The molecule has 180 valence electrons. The van der Waals surface area contributed by atoms with E-state index in [9.17, 15) is 14.9 Å². The molecule has 0 aliphatic carbocycles. The summed E-state index contributed by atoms with van der Waals surface area (Å²) in [6.45, 7) is 8.36. The minimum absolute atomic E-state index is 0.00978. The Labute approximate surface area is 202 Å². The number of nitro groups is 1. The molecule has 0 N–H and O–H groups in total. The number of unbranched alkanes of at least 4 members (excludes halogenated alkanes) is 1. The first kappa shape index (κ1) is 23.9. The molecule has 1 fully saturated rings. The number of aromatic nitrogens is 4. The van der Waals surface area contributed by atoms with Gasteiger partial charge in [0.15, 0.2) is 0 Å². The van der Waals surface area contributed by atoms with Crippen molar-refractivity contribution in [3.8, 4) is 0 Å². The van der Waals surface area contributed by atoms with Crippen LogP contribution in [0.3, 0.4) is 0 Å². The van der Waals surface area contributed by atoms with Crippen molar-refractivity contribution in [1.82, 2.24) is 24.5 Å². The molecule has 1 aliphatic heterocycles. The molecule has 2 aromatic heterocycles. The lowest BCUT2D eigenvalue weighted by molar-refractivity contribution is -0.384. The minimum atomic E-state index is -0.365. The van der Waals surface area contributed by atoms with Crippen LogP contribution in [0.1, 0.15) is 36.7 Å². The van der Waals surface area contributed by atoms with Crippen LogP contribution in [0.2, 0.25) is 0 Å². The van der Waals surface area contributed by atoms with E-state index in [-0.39, 0.29) is 22.3 Å². The van der Waals surface area contributed by atoms with Gasteiger partial charge in [0.25, 0.3) is 11.5 Å². The Kier molecular flexibility index (Phi) is 7.30. The summed E-state index contributed by atoms with van der Waals surface area (Å²) < 4.78 is 1.77. The lowest BCUT2D eigenvalue weighted by Gasteiger charge is -2.35. The van der Waals surface area contributed by atoms with Crippen LogP contribution in [0, 0.1) is 24.0 Å². The van der Waals surface area contributed by atoms with E-state index in [4.69, 9.17) is 0 Å². The number of nitrogens with zero attached hydrogens (tertiary/aromatic N) is 7. The number of thioether (sulfide) groups is 1. The molecule has 4 rings (SSSR count). The number of anilines is 1. The number of amides is 1. The number of rotatable bonds is 8. The third-order valence-electron chi connectivity index (χ3n) is 6.19. The maximum absolute atomic E-state index is 12.8. The van der Waals surface area contributed by atoms with Gasteiger partial charge in [0, 0.05) is 43.6 Å². The molecule has 1 aromatic carbocycles. The van der Waals surface area contributed by atoms with E-state index < -0.39 is 0 Å². The summed E-state index contributed by atoms with van der Waals surface area (Å²) in [6, 6.07) is 6.72. The Morgan fingerprint density at radius 3 is 2.59 bits per heavy atom. The van der Waals surface area contributed by atoms with Gasteiger partial charge in [-0.05, 0) is 38.3 Å². The zero-order valence-corrected chi connectivity index (χ0v) is 20.5. The third-order valence-corrected chi connectivity index (χ3v) is 7.01. The van der Waals surface area contributed by atoms with E-state index in [1.54, 1.807) is 27.6 Å². The van der Waals surface area contributed by atoms with Crippen molar-refractivity contribution in [3.05, 3.63) is 51.3 Å². The third kappa shape index (κ3) is 4.98. The second-order valence-corrected chi connectivity index (χ2v) is 9.32. The zero-order valence-electron chi connectivity index (χ0n) is 19.7. The number of para-hydroxylation sites is 2. The Morgan fingerprint density at radius 1 is 1.15 bits per heavy atom. The minimum Gasteiger partial charge on any atom is -0.362 e. The first-order valence-electron chi connectivity index (χ1n) is 11.5. The lowest BCUT2D eigenvalue weighted by atomic mass is 10.1. The predicted molar refractivity (Wildman–Crippen MR) is 131 cm³/mol. The van der Waals surface area contributed by atoms with Crippen LogP contribution in [-0.4, -0.2) is 67.2 Å². The molecule has 0 bridgehead atoms. The second-order valence-electron chi connectivity index (χ2n) is 8.37. The number of benzene rings is 1. The maximum atomic E-state index is 12.8. The Balaban J connectivity index is 1.36. The van der Waals surface area contributed by atoms with Gasteiger partial charge in [-0.2, -0.15) is 4.98 Å². The molecule has 1 amide bonds. The SMILES string of the molecule is CCCCc1c(C)nc2nc(SCC(=O)N3CCN(c4ccccc4[N+](=O)[O-])CC3)nn2c1C. The van der Waals surface area contributed by atoms with Crippen LogP contribution in [0.5, 0.6) is 0 Å². The van der Waals surface area contributed by atoms with Crippen molar-refractivity contribution in [2.75, 3.05) is 36.8 Å². The molecule has 0 saturated carbocycles. The number of carbonyl (C=O) groups excluding carboxylic acids is 1. The summed E-state index contributed by atoms with van der Waals surface area (Å²) in [5.41, 5.74) is 3.93. The first-order valence-corrected chi connectivity index (χ1v) is 12.5. The fourth-order valence-electron chi connectivity index (χ4n) is 4.27. The highest BCUT2D eigenvalue weighted by Gasteiger charge is 2.25. The summed E-state index contributed by atoms with van der Waals surface area (Å²) in [7, 11) is 0. The molecule has 3 heterocycles. The van der Waals surface area contributed by atoms with Gasteiger partial charge in [-0.3, -0.25) is 14.9 Å². The summed E-state index contributed by atoms with van der Waals surface area (Å²) in [4.78, 5) is 36.6. The Bertz CT molecular complexity index is 1200. The Hall–Kier alpha value is -3.21. The molecule has 0 unspecified atom stereocenters. The van der Waals surface area contributed by atoms with Crippen molar-refractivity contribution in [2.24, 2.45) is 0 Å². The van der Waals surface area contributed by atoms with Crippen LogP contribution in [-0.2, 0) is 11.2 Å². The molecule has 1 aliphatic rings. The smallest absolute Gasteiger partial charge is 0.292 e. The van der Waals surface area contributed by atoms with Gasteiger partial charge in [0.05, 0.1) is 10.7 Å². The van der Waals surface area contributed by atoms with E-state index in [1.165, 1.54) is 23.4 Å². The summed E-state index contributed by atoms with van der Waals surface area (Å²) >= 11 is 1.31. The molecular formula is C23H29N7O3S. The van der Waals surface area contributed by atoms with Crippen LogP contribution >= 0.6 is 11.8 Å². The van der Waals surface area contributed by atoms with Gasteiger partial charge in [0.1, 0.15) is 5.69 Å². The number of hydrogen-bond donors (Lipinski definition) is 0. The molecular weight excluding hydrogens is 454 g/mol. The summed E-state index contributed by atoms with van der Waals surface area (Å²) in [5.74, 6) is 0.808. The van der Waals surface area contributed by atoms with E-state index >= 15 is 0 Å². The van der Waals surface area contributed by atoms with Gasteiger partial charge in [-0.1, -0.05) is 37.2 Å². The fourth-order valence-corrected chi connectivity index (χ4v) is 4.99. The Morgan fingerprint density at radius 2 is 1.88 bits per heavy atom. The highest BCUT2D eigenvalue weighted by molar-refractivity contribution is 7.99. The van der Waals surface area contributed by atoms with Crippen LogP contribution in [0.4, 0.5) is 11.4 Å². The lowest BCUT2D eigenvalue weighted by Crippen LogP contribution is -2.49. The number of hydrogen-bond acceptors (Lipinski definition) is 8. The van der Waals surface area contributed by atoms with Gasteiger partial charge in [-0.25, -0.2) is 9.50 Å². The molecule has 0 radical (unpaired) electrons. The van der Waals surface area contributed by atoms with Crippen molar-refractivity contribution in [1.29, 1.82) is 0 Å². The van der Waals surface area contributed by atoms with Gasteiger partial charge in [0.2, 0.25) is 11.1 Å². The molecule has 0 atom stereocenters. The number of piperazine rings is 1. The van der Waals surface area contributed by atoms with Gasteiger partial charge >= 0.3 is 0 Å². The van der Waals surface area contributed by atoms with Crippen LogP contribution in [0.25, 0.3) is 5.78 Å². The second kappa shape index (κ2) is 10.4. The molecule has 1 saturated heterocycles. The average molecular weight is 484 g/mol. The summed E-state index contributed by atoms with van der Waals surface area (Å²) in [6.07, 6.45) is 3.19. The number of fused-ring (bicyclic) bond motifs is 1. The fraction of sp³-hybridized carbons (Fsp3) is 0.478. The highest BCUT2D eigenvalue weighted by Crippen LogP contribution is 2.28. The maximum Gasteiger partial charge on any atom is 0.292 e. The van der Waals surface area contributed by atoms with E-state index in [2.05, 4.69) is 22.0 Å². The van der Waals surface area contributed by atoms with Crippen LogP contribution < -0.4 is 4.90 Å². The van der Waals surface area contributed by atoms with Crippen molar-refractivity contribution in [2.45, 2.75) is 45.2 Å². The van der Waals surface area contributed by atoms with E-state index in [0.717, 1.165) is 30.7 Å². The molecule has 11 heteroatoms. The standard InChI is InChI=1S/C23H29N7O3S/c1-4-5-8-18-16(2)24-22-25-23(26-29(22)17(18)3)34-15-21(31)28-13-11-27(12-14-28)19-9-6-7-10-20(19)30(32)33/h6-7,9-10H,4-5,8,11-15H2,1-3H3. The van der Waals surface area contributed by atoms with Gasteiger partial charge in [-0.15, -0.1) is 5.10 Å². The van der Waals surface area contributed by atoms with Gasteiger partial charge < -0.3 is 9.80 Å². The quantitative estimate of drug-likeness (QED) is 0.272.